The minimum absolute atomic E-state index is 0.0479. The number of benzene rings is 1. The summed E-state index contributed by atoms with van der Waals surface area (Å²) in [5.41, 5.74) is 2.29. The lowest BCUT2D eigenvalue weighted by molar-refractivity contribution is -0.380. The van der Waals surface area contributed by atoms with Gasteiger partial charge in [-0.25, -0.2) is 13.1 Å². The van der Waals surface area contributed by atoms with Crippen molar-refractivity contribution in [2.45, 2.75) is 16.7 Å². The van der Waals surface area contributed by atoms with Crippen LogP contribution in [-0.2, 0) is 16.4 Å². The second-order valence-corrected chi connectivity index (χ2v) is 8.21. The zero-order chi connectivity index (χ0) is 16.4. The molecule has 1 aromatic carbocycles. The Bertz CT molecular complexity index is 832. The molecule has 1 aromatic heterocycles. The Labute approximate surface area is 137 Å². The van der Waals surface area contributed by atoms with E-state index in [4.69, 9.17) is 0 Å². The van der Waals surface area contributed by atoms with E-state index < -0.39 is 14.9 Å². The first-order valence-electron chi connectivity index (χ1n) is 7.02. The number of rotatable bonds is 5. The van der Waals surface area contributed by atoms with Crippen LogP contribution in [0.4, 0.5) is 5.00 Å². The summed E-state index contributed by atoms with van der Waals surface area (Å²) in [6.07, 6.45) is 0.913. The Kier molecular flexibility index (Phi) is 4.44. The van der Waals surface area contributed by atoms with Gasteiger partial charge in [0.15, 0.2) is 0 Å². The molecule has 0 radical (unpaired) electrons. The van der Waals surface area contributed by atoms with E-state index in [1.807, 2.05) is 24.3 Å². The summed E-state index contributed by atoms with van der Waals surface area (Å²) in [7, 11) is -3.75. The molecule has 3 rings (SSSR count). The Balaban J connectivity index is 1.74. The highest BCUT2D eigenvalue weighted by molar-refractivity contribution is 7.91. The molecule has 1 unspecified atom stereocenters. The first-order valence-corrected chi connectivity index (χ1v) is 9.32. The van der Waals surface area contributed by atoms with E-state index in [2.05, 4.69) is 10.0 Å². The molecule has 0 fully saturated rings. The van der Waals surface area contributed by atoms with E-state index in [9.17, 15) is 18.5 Å². The SMILES string of the molecule is O=[N+]([O-])c1ccc(S(=O)(=O)NCC2NCCc3ccccc32)s1. The highest BCUT2D eigenvalue weighted by Gasteiger charge is 2.24. The topological polar surface area (TPSA) is 101 Å². The molecule has 2 N–H and O–H groups in total. The molecule has 0 bridgehead atoms. The Morgan fingerprint density at radius 2 is 2.09 bits per heavy atom. The zero-order valence-electron chi connectivity index (χ0n) is 12.1. The Morgan fingerprint density at radius 3 is 2.83 bits per heavy atom. The van der Waals surface area contributed by atoms with Crippen molar-refractivity contribution in [3.63, 3.8) is 0 Å². The van der Waals surface area contributed by atoms with Crippen LogP contribution in [-0.4, -0.2) is 26.4 Å². The molecule has 1 aliphatic heterocycles. The minimum atomic E-state index is -3.75. The van der Waals surface area contributed by atoms with Crippen molar-refractivity contribution in [1.82, 2.24) is 10.0 Å². The Morgan fingerprint density at radius 1 is 1.30 bits per heavy atom. The van der Waals surface area contributed by atoms with Crippen LogP contribution >= 0.6 is 11.3 Å². The first kappa shape index (κ1) is 16.1. The average molecular weight is 353 g/mol. The van der Waals surface area contributed by atoms with Gasteiger partial charge in [-0.05, 0) is 41.5 Å². The molecule has 7 nitrogen and oxygen atoms in total. The van der Waals surface area contributed by atoms with Gasteiger partial charge in [0.05, 0.1) is 4.92 Å². The number of nitrogens with zero attached hydrogens (tertiary/aromatic N) is 1. The summed E-state index contributed by atoms with van der Waals surface area (Å²) in [5.74, 6) is 0. The molecule has 2 aromatic rings. The van der Waals surface area contributed by atoms with E-state index >= 15 is 0 Å². The van der Waals surface area contributed by atoms with Gasteiger partial charge in [-0.2, -0.15) is 0 Å². The largest absolute Gasteiger partial charge is 0.325 e. The van der Waals surface area contributed by atoms with Gasteiger partial charge in [-0.3, -0.25) is 10.1 Å². The molecule has 1 atom stereocenters. The van der Waals surface area contributed by atoms with Crippen molar-refractivity contribution in [1.29, 1.82) is 0 Å². The van der Waals surface area contributed by atoms with E-state index in [0.29, 0.717) is 11.3 Å². The summed E-state index contributed by atoms with van der Waals surface area (Å²) in [5, 5.41) is 13.8. The highest BCUT2D eigenvalue weighted by Crippen LogP contribution is 2.28. The van der Waals surface area contributed by atoms with Crippen LogP contribution in [0.15, 0.2) is 40.6 Å². The third-order valence-corrected chi connectivity index (χ3v) is 6.66. The van der Waals surface area contributed by atoms with Gasteiger partial charge in [-0.1, -0.05) is 24.3 Å². The lowest BCUT2D eigenvalue weighted by atomic mass is 9.95. The molecular formula is C14H15N3O4S2. The lowest BCUT2D eigenvalue weighted by Crippen LogP contribution is -2.38. The fourth-order valence-electron chi connectivity index (χ4n) is 2.59. The summed E-state index contributed by atoms with van der Waals surface area (Å²) in [6, 6.07) is 10.3. The van der Waals surface area contributed by atoms with Gasteiger partial charge in [0.1, 0.15) is 4.21 Å². The van der Waals surface area contributed by atoms with E-state index in [0.717, 1.165) is 18.5 Å². The van der Waals surface area contributed by atoms with Crippen LogP contribution < -0.4 is 10.0 Å². The van der Waals surface area contributed by atoms with Crippen molar-refractivity contribution in [3.05, 3.63) is 57.6 Å². The van der Waals surface area contributed by atoms with Gasteiger partial charge in [0.2, 0.25) is 10.0 Å². The predicted molar refractivity (Wildman–Crippen MR) is 87.1 cm³/mol. The molecule has 23 heavy (non-hydrogen) atoms. The fourth-order valence-corrected chi connectivity index (χ4v) is 4.79. The van der Waals surface area contributed by atoms with Gasteiger partial charge in [0, 0.05) is 18.7 Å². The molecule has 0 aliphatic carbocycles. The van der Waals surface area contributed by atoms with E-state index in [-0.39, 0.29) is 21.8 Å². The molecule has 0 saturated carbocycles. The van der Waals surface area contributed by atoms with Crippen molar-refractivity contribution >= 4 is 26.4 Å². The number of fused-ring (bicyclic) bond motifs is 1. The van der Waals surface area contributed by atoms with Crippen molar-refractivity contribution in [2.75, 3.05) is 13.1 Å². The zero-order valence-corrected chi connectivity index (χ0v) is 13.7. The summed E-state index contributed by atoms with van der Waals surface area (Å²) < 4.78 is 27.0. The Hall–Kier alpha value is -1.81. The average Bonchev–Trinajstić information content (AvgIpc) is 3.04. The van der Waals surface area contributed by atoms with Crippen LogP contribution in [0, 0.1) is 10.1 Å². The van der Waals surface area contributed by atoms with E-state index in [1.54, 1.807) is 0 Å². The summed E-state index contributed by atoms with van der Waals surface area (Å²) in [4.78, 5) is 10.1. The van der Waals surface area contributed by atoms with Gasteiger partial charge < -0.3 is 5.32 Å². The molecule has 122 valence electrons. The first-order chi connectivity index (χ1) is 11.0. The number of sulfonamides is 1. The van der Waals surface area contributed by atoms with Gasteiger partial charge in [-0.15, -0.1) is 0 Å². The van der Waals surface area contributed by atoms with Gasteiger partial charge >= 0.3 is 5.00 Å². The van der Waals surface area contributed by atoms with Crippen LogP contribution in [0.25, 0.3) is 0 Å². The fraction of sp³-hybridized carbons (Fsp3) is 0.286. The minimum Gasteiger partial charge on any atom is -0.308 e. The number of nitrogens with one attached hydrogen (secondary N) is 2. The maximum atomic E-state index is 12.3. The van der Waals surface area contributed by atoms with Crippen LogP contribution in [0.3, 0.4) is 0 Å². The molecule has 1 aliphatic rings. The standard InChI is InChI=1S/C14H15N3O4S2/c18-17(19)13-5-6-14(22-13)23(20,21)16-9-12-11-4-2-1-3-10(11)7-8-15-12/h1-6,12,15-16H,7-9H2. The molecule has 9 heteroatoms. The maximum absolute atomic E-state index is 12.3. The lowest BCUT2D eigenvalue weighted by Gasteiger charge is -2.26. The smallest absolute Gasteiger partial charge is 0.308 e. The normalized spacial score (nSPS) is 17.7. The monoisotopic (exact) mass is 353 g/mol. The number of hydrogen-bond donors (Lipinski definition) is 2. The quantitative estimate of drug-likeness (QED) is 0.631. The number of nitro groups is 1. The van der Waals surface area contributed by atoms with Crippen LogP contribution in [0.1, 0.15) is 17.2 Å². The molecule has 0 spiro atoms. The van der Waals surface area contributed by atoms with Crippen LogP contribution in [0.2, 0.25) is 0 Å². The predicted octanol–water partition coefficient (Wildman–Crippen LogP) is 1.82. The number of hydrogen-bond acceptors (Lipinski definition) is 6. The second kappa shape index (κ2) is 6.36. The summed E-state index contributed by atoms with van der Waals surface area (Å²) >= 11 is 0.650. The van der Waals surface area contributed by atoms with Crippen molar-refractivity contribution in [2.24, 2.45) is 0 Å². The summed E-state index contributed by atoms with van der Waals surface area (Å²) in [6.45, 7) is 0.985. The second-order valence-electron chi connectivity index (χ2n) is 5.16. The third-order valence-electron chi connectivity index (χ3n) is 3.71. The van der Waals surface area contributed by atoms with Crippen LogP contribution in [0.5, 0.6) is 0 Å². The maximum Gasteiger partial charge on any atom is 0.325 e. The molecule has 0 amide bonds. The highest BCUT2D eigenvalue weighted by atomic mass is 32.2. The van der Waals surface area contributed by atoms with Crippen molar-refractivity contribution in [3.8, 4) is 0 Å². The third kappa shape index (κ3) is 3.42. The van der Waals surface area contributed by atoms with Gasteiger partial charge in [0.25, 0.3) is 0 Å². The molecule has 0 saturated heterocycles. The number of thiophene rings is 1. The molecular weight excluding hydrogens is 338 g/mol. The van der Waals surface area contributed by atoms with Crippen molar-refractivity contribution < 1.29 is 13.3 Å². The molecule has 2 heterocycles. The van der Waals surface area contributed by atoms with E-state index in [1.165, 1.54) is 17.7 Å².